The highest BCUT2D eigenvalue weighted by molar-refractivity contribution is 7.91. The predicted molar refractivity (Wildman–Crippen MR) is 132 cm³/mol. The summed E-state index contributed by atoms with van der Waals surface area (Å²) in [6.07, 6.45) is -2.43. The van der Waals surface area contributed by atoms with Crippen LogP contribution in [-0.2, 0) is 25.8 Å². The molecule has 12 nitrogen and oxygen atoms in total. The fourth-order valence-corrected chi connectivity index (χ4v) is 5.95. The molecule has 3 aromatic rings. The zero-order valence-corrected chi connectivity index (χ0v) is 21.6. The number of amides is 1. The highest BCUT2D eigenvalue weighted by Gasteiger charge is 2.38. The zero-order valence-electron chi connectivity index (χ0n) is 20.8. The minimum Gasteiger partial charge on any atom is -0.475 e. The van der Waals surface area contributed by atoms with E-state index in [1.165, 1.54) is 10.6 Å². The smallest absolute Gasteiger partial charge is 0.475 e. The normalized spacial score (nSPS) is 13.9. The zero-order chi connectivity index (χ0) is 29.3. The Hall–Kier alpha value is -3.92. The van der Waals surface area contributed by atoms with Crippen molar-refractivity contribution in [3.63, 3.8) is 0 Å². The lowest BCUT2D eigenvalue weighted by Gasteiger charge is -2.25. The molecular formula is C23H26F3N5O7S. The number of aliphatic carboxylic acids is 1. The molecule has 1 aliphatic carbocycles. The third-order valence-corrected chi connectivity index (χ3v) is 8.22. The van der Waals surface area contributed by atoms with Gasteiger partial charge in [0.1, 0.15) is 5.69 Å². The summed E-state index contributed by atoms with van der Waals surface area (Å²) in [6.45, 7) is 3.42. The van der Waals surface area contributed by atoms with Gasteiger partial charge < -0.3 is 15.8 Å². The van der Waals surface area contributed by atoms with Crippen LogP contribution in [0.25, 0.3) is 17.0 Å². The molecule has 0 unspecified atom stereocenters. The van der Waals surface area contributed by atoms with E-state index in [-0.39, 0.29) is 34.6 Å². The molecule has 1 amide bonds. The number of carboxylic acid groups (broad SMARTS) is 1. The van der Waals surface area contributed by atoms with Crippen molar-refractivity contribution < 1.29 is 41.5 Å². The van der Waals surface area contributed by atoms with E-state index < -0.39 is 33.4 Å². The first-order valence-corrected chi connectivity index (χ1v) is 13.2. The summed E-state index contributed by atoms with van der Waals surface area (Å²) in [5, 5.41) is 16.0. The molecule has 16 heteroatoms. The lowest BCUT2D eigenvalue weighted by molar-refractivity contribution is -0.192. The number of imidazole rings is 1. The predicted octanol–water partition coefficient (Wildman–Crippen LogP) is 2.17. The highest BCUT2D eigenvalue weighted by Crippen LogP contribution is 2.31. The van der Waals surface area contributed by atoms with Crippen LogP contribution in [0, 0.1) is 19.8 Å². The van der Waals surface area contributed by atoms with Crippen molar-refractivity contribution in [2.75, 3.05) is 11.5 Å². The number of rotatable bonds is 6. The number of benzene rings is 1. The number of aryl methyl sites for hydroxylation is 2. The second kappa shape index (κ2) is 11.1. The Morgan fingerprint density at radius 1 is 1.26 bits per heavy atom. The van der Waals surface area contributed by atoms with Crippen LogP contribution in [0.3, 0.4) is 0 Å². The molecular weight excluding hydrogens is 547 g/mol. The van der Waals surface area contributed by atoms with E-state index in [0.29, 0.717) is 22.3 Å². The number of H-pyrrole nitrogens is 1. The van der Waals surface area contributed by atoms with E-state index in [1.807, 2.05) is 6.92 Å². The number of hydroxylamine groups is 1. The number of hydrogen-bond donors (Lipinski definition) is 5. The number of fused-ring (bicyclic) bond motifs is 1. The second-order valence-electron chi connectivity index (χ2n) is 9.11. The largest absolute Gasteiger partial charge is 0.490 e. The fraction of sp³-hybridized carbons (Fsp3) is 0.391. The highest BCUT2D eigenvalue weighted by atomic mass is 32.2. The number of carbonyl (C=O) groups is 2. The minimum atomic E-state index is -5.08. The van der Waals surface area contributed by atoms with Crippen LogP contribution < -0.4 is 16.8 Å². The summed E-state index contributed by atoms with van der Waals surface area (Å²) in [7, 11) is -3.69. The van der Waals surface area contributed by atoms with Crippen molar-refractivity contribution in [3.8, 4) is 5.95 Å². The van der Waals surface area contributed by atoms with Crippen molar-refractivity contribution in [2.24, 2.45) is 5.92 Å². The van der Waals surface area contributed by atoms with Gasteiger partial charge in [-0.15, -0.1) is 0 Å². The maximum absolute atomic E-state index is 13.1. The molecule has 39 heavy (non-hydrogen) atoms. The second-order valence-corrected chi connectivity index (χ2v) is 11.1. The Morgan fingerprint density at radius 3 is 2.38 bits per heavy atom. The van der Waals surface area contributed by atoms with E-state index in [1.54, 1.807) is 24.5 Å². The van der Waals surface area contributed by atoms with Crippen LogP contribution in [0.4, 0.5) is 18.9 Å². The maximum Gasteiger partial charge on any atom is 0.490 e. The number of nitrogen functional groups attached to an aromatic ring is 1. The Labute approximate surface area is 219 Å². The van der Waals surface area contributed by atoms with Gasteiger partial charge in [0.15, 0.2) is 9.84 Å². The van der Waals surface area contributed by atoms with Crippen molar-refractivity contribution in [2.45, 2.75) is 50.6 Å². The van der Waals surface area contributed by atoms with Crippen molar-refractivity contribution in [3.05, 3.63) is 45.4 Å². The molecule has 0 radical (unpaired) electrons. The Balaban J connectivity index is 0.000000532. The molecule has 212 valence electrons. The topological polar surface area (TPSA) is 197 Å². The number of carboxylic acids is 1. The van der Waals surface area contributed by atoms with Gasteiger partial charge in [0.2, 0.25) is 11.9 Å². The number of nitrogens with one attached hydrogen (secondary N) is 2. The number of halogens is 3. The van der Waals surface area contributed by atoms with Crippen LogP contribution in [0.5, 0.6) is 0 Å². The van der Waals surface area contributed by atoms with E-state index in [9.17, 15) is 31.2 Å². The van der Waals surface area contributed by atoms with Gasteiger partial charge in [0.25, 0.3) is 5.56 Å². The number of pyridine rings is 1. The van der Waals surface area contributed by atoms with Crippen LogP contribution >= 0.6 is 0 Å². The molecule has 0 aliphatic heterocycles. The number of nitrogens with zero attached hydrogens (tertiary/aromatic N) is 2. The van der Waals surface area contributed by atoms with Crippen LogP contribution in [-0.4, -0.2) is 57.1 Å². The minimum absolute atomic E-state index is 0.0136. The first-order valence-electron chi connectivity index (χ1n) is 11.5. The molecule has 2 heterocycles. The molecule has 4 rings (SSSR count). The summed E-state index contributed by atoms with van der Waals surface area (Å²) in [6, 6.07) is 4.97. The van der Waals surface area contributed by atoms with Crippen molar-refractivity contribution in [1.29, 1.82) is 0 Å². The Morgan fingerprint density at radius 2 is 1.87 bits per heavy atom. The van der Waals surface area contributed by atoms with Crippen LogP contribution in [0.15, 0.2) is 27.9 Å². The number of hydrogen-bond acceptors (Lipinski definition) is 8. The number of alkyl halides is 3. The van der Waals surface area contributed by atoms with E-state index in [4.69, 9.17) is 20.8 Å². The summed E-state index contributed by atoms with van der Waals surface area (Å²) in [5.74, 6) is -3.10. The van der Waals surface area contributed by atoms with Crippen molar-refractivity contribution in [1.82, 2.24) is 20.0 Å². The number of sulfone groups is 1. The third kappa shape index (κ3) is 6.39. The summed E-state index contributed by atoms with van der Waals surface area (Å²) in [5.41, 5.74) is 9.39. The van der Waals surface area contributed by atoms with E-state index >= 15 is 0 Å². The SMILES string of the molecule is Cc1ccc2[nH]c(-n3c(C)cc(S(=O)(=O)CC4CCC4)c(N)c3=O)nc2c1CC(=O)NO.O=C(O)C(F)(F)F. The average Bonchev–Trinajstić information content (AvgIpc) is 3.24. The van der Waals surface area contributed by atoms with Gasteiger partial charge in [-0.2, -0.15) is 13.2 Å². The number of aromatic nitrogens is 3. The number of aromatic amines is 1. The van der Waals surface area contributed by atoms with Crippen molar-refractivity contribution >= 4 is 38.4 Å². The van der Waals surface area contributed by atoms with Crippen LogP contribution in [0.1, 0.15) is 36.1 Å². The number of carbonyl (C=O) groups excluding carboxylic acids is 1. The molecule has 0 bridgehead atoms. The van der Waals surface area contributed by atoms with Gasteiger partial charge in [-0.05, 0) is 55.9 Å². The molecule has 1 fully saturated rings. The molecule has 1 aliphatic rings. The van der Waals surface area contributed by atoms with E-state index in [0.717, 1.165) is 24.8 Å². The van der Waals surface area contributed by atoms with Gasteiger partial charge in [0.05, 0.1) is 28.1 Å². The van der Waals surface area contributed by atoms with Gasteiger partial charge in [-0.3, -0.25) is 14.8 Å². The number of anilines is 1. The first-order chi connectivity index (χ1) is 18.1. The maximum atomic E-state index is 13.1. The molecule has 0 atom stereocenters. The standard InChI is InChI=1S/C21H25N5O5S.C2HF3O2/c1-11-6-7-15-19(14(11)9-17(27)25-29)24-21(23-15)26-12(2)8-16(18(22)20(26)28)32(30,31)10-13-4-3-5-13;3-2(4,5)1(6)7/h6-8,13,29H,3-5,9-10,22H2,1-2H3,(H,23,24)(H,25,27);(H,6,7). The molecule has 0 saturated heterocycles. The third-order valence-electron chi connectivity index (χ3n) is 6.30. The molecule has 1 saturated carbocycles. The molecule has 0 spiro atoms. The first kappa shape index (κ1) is 29.6. The summed E-state index contributed by atoms with van der Waals surface area (Å²) < 4.78 is 58.7. The van der Waals surface area contributed by atoms with Gasteiger partial charge in [0, 0.05) is 5.69 Å². The average molecular weight is 574 g/mol. The summed E-state index contributed by atoms with van der Waals surface area (Å²) >= 11 is 0. The molecule has 1 aromatic carbocycles. The molecule has 2 aromatic heterocycles. The van der Waals surface area contributed by atoms with Gasteiger partial charge in [-0.1, -0.05) is 12.5 Å². The summed E-state index contributed by atoms with van der Waals surface area (Å²) in [4.78, 5) is 41.1. The fourth-order valence-electron chi connectivity index (χ4n) is 4.05. The number of nitrogens with two attached hydrogens (primary N) is 1. The quantitative estimate of drug-likeness (QED) is 0.217. The van der Waals surface area contributed by atoms with E-state index in [2.05, 4.69) is 9.97 Å². The Bertz CT molecular complexity index is 1590. The lowest BCUT2D eigenvalue weighted by atomic mass is 9.87. The lowest BCUT2D eigenvalue weighted by Crippen LogP contribution is -2.29. The molecule has 6 N–H and O–H groups in total. The monoisotopic (exact) mass is 573 g/mol. The Kier molecular flexibility index (Phi) is 8.40. The van der Waals surface area contributed by atoms with Crippen LogP contribution in [0.2, 0.25) is 0 Å². The van der Waals surface area contributed by atoms with Gasteiger partial charge in [-0.25, -0.2) is 28.2 Å². The van der Waals surface area contributed by atoms with Gasteiger partial charge >= 0.3 is 12.1 Å².